The zero-order chi connectivity index (χ0) is 32.1. The number of benzene rings is 1. The van der Waals surface area contributed by atoms with Gasteiger partial charge in [-0.05, 0) is 36.8 Å². The number of guanidine groups is 1. The first-order chi connectivity index (χ1) is 20.3. The SMILES string of the molecule is CCC(C)C(NC(=O)C(CCC(N)=O)NC(=O)C(Cc1c[nH]c2ccccc12)NC(=O)C(N)CCCN=C(N)N)C(=O)O. The number of carbonyl (C=O) groups excluding carboxylic acids is 4. The molecule has 2 aromatic rings. The number of carboxylic acid groups (broad SMARTS) is 1. The number of nitrogens with one attached hydrogen (secondary N) is 4. The Kier molecular flexibility index (Phi) is 13.4. The van der Waals surface area contributed by atoms with Gasteiger partial charge in [-0.3, -0.25) is 24.2 Å². The van der Waals surface area contributed by atoms with Crippen molar-refractivity contribution >= 4 is 46.5 Å². The molecule has 0 fully saturated rings. The molecule has 0 saturated heterocycles. The van der Waals surface area contributed by atoms with Gasteiger partial charge in [-0.2, -0.15) is 0 Å². The number of carboxylic acids is 1. The summed E-state index contributed by atoms with van der Waals surface area (Å²) in [6.07, 6.45) is 2.45. The van der Waals surface area contributed by atoms with Crippen LogP contribution in [0.25, 0.3) is 10.9 Å². The Labute approximate surface area is 249 Å². The molecule has 0 saturated carbocycles. The van der Waals surface area contributed by atoms with Crippen molar-refractivity contribution in [3.05, 3.63) is 36.0 Å². The third-order valence-corrected chi connectivity index (χ3v) is 7.13. The number of aliphatic imine (C=N–C) groups is 1. The summed E-state index contributed by atoms with van der Waals surface area (Å²) < 4.78 is 0. The highest BCUT2D eigenvalue weighted by Gasteiger charge is 2.32. The summed E-state index contributed by atoms with van der Waals surface area (Å²) in [5, 5.41) is 18.2. The maximum absolute atomic E-state index is 13.6. The maximum Gasteiger partial charge on any atom is 0.326 e. The molecule has 1 heterocycles. The van der Waals surface area contributed by atoms with Gasteiger partial charge in [0.2, 0.25) is 23.6 Å². The zero-order valence-corrected chi connectivity index (χ0v) is 24.5. The van der Waals surface area contributed by atoms with Crippen LogP contribution in [0.5, 0.6) is 0 Å². The summed E-state index contributed by atoms with van der Waals surface area (Å²) in [7, 11) is 0. The summed E-state index contributed by atoms with van der Waals surface area (Å²) in [5.41, 5.74) is 23.5. The minimum atomic E-state index is -1.30. The molecule has 5 atom stereocenters. The van der Waals surface area contributed by atoms with Crippen LogP contribution in [-0.4, -0.2) is 76.4 Å². The van der Waals surface area contributed by atoms with Crippen molar-refractivity contribution in [2.45, 2.75) is 76.5 Å². The molecule has 2 rings (SSSR count). The van der Waals surface area contributed by atoms with E-state index in [1.807, 2.05) is 24.3 Å². The standard InChI is InChI=1S/C28H43N9O6/c1-3-15(2)23(27(42)43)37-25(40)20(10-11-22(30)38)35-26(41)21(13-16-14-34-19-9-5-4-7-17(16)19)36-24(39)18(29)8-6-12-33-28(31)32/h4-5,7,9,14-15,18,20-21,23,34H,3,6,8,10-13,29H2,1-2H3,(H2,30,38)(H,35,41)(H,36,39)(H,37,40)(H,42,43)(H4,31,32,33). The number of nitrogens with zero attached hydrogens (tertiary/aromatic N) is 1. The van der Waals surface area contributed by atoms with Gasteiger partial charge in [0.1, 0.15) is 18.1 Å². The molecule has 0 bridgehead atoms. The van der Waals surface area contributed by atoms with Crippen LogP contribution in [0.4, 0.5) is 0 Å². The number of aliphatic carboxylic acids is 1. The average molecular weight is 602 g/mol. The summed E-state index contributed by atoms with van der Waals surface area (Å²) in [5.74, 6) is -4.56. The van der Waals surface area contributed by atoms with Crippen LogP contribution in [0.2, 0.25) is 0 Å². The lowest BCUT2D eigenvalue weighted by Crippen LogP contribution is -2.58. The third-order valence-electron chi connectivity index (χ3n) is 7.13. The van der Waals surface area contributed by atoms with Crippen LogP contribution in [0.3, 0.4) is 0 Å². The molecule has 0 aliphatic rings. The Morgan fingerprint density at radius 3 is 2.23 bits per heavy atom. The van der Waals surface area contributed by atoms with Crippen molar-refractivity contribution in [2.24, 2.45) is 33.8 Å². The number of primary amides is 1. The number of H-pyrrole nitrogens is 1. The lowest BCUT2D eigenvalue weighted by Gasteiger charge is -2.26. The lowest BCUT2D eigenvalue weighted by molar-refractivity contribution is -0.144. The van der Waals surface area contributed by atoms with Crippen LogP contribution in [-0.2, 0) is 30.4 Å². The van der Waals surface area contributed by atoms with Gasteiger partial charge in [0.15, 0.2) is 5.96 Å². The van der Waals surface area contributed by atoms with E-state index in [4.69, 9.17) is 22.9 Å². The first-order valence-electron chi connectivity index (χ1n) is 14.1. The first-order valence-corrected chi connectivity index (χ1v) is 14.1. The Balaban J connectivity index is 2.30. The summed E-state index contributed by atoms with van der Waals surface area (Å²) in [4.78, 5) is 70.1. The van der Waals surface area contributed by atoms with E-state index in [0.717, 1.165) is 16.5 Å². The zero-order valence-electron chi connectivity index (χ0n) is 24.5. The monoisotopic (exact) mass is 601 g/mol. The second-order valence-electron chi connectivity index (χ2n) is 10.5. The van der Waals surface area contributed by atoms with Gasteiger partial charge >= 0.3 is 5.97 Å². The summed E-state index contributed by atoms with van der Waals surface area (Å²) in [6, 6.07) is 2.72. The molecule has 0 spiro atoms. The molecular formula is C28H43N9O6. The highest BCUT2D eigenvalue weighted by atomic mass is 16.4. The third kappa shape index (κ3) is 10.9. The second kappa shape index (κ2) is 16.7. The molecule has 15 nitrogen and oxygen atoms in total. The van der Waals surface area contributed by atoms with E-state index >= 15 is 0 Å². The normalized spacial score (nSPS) is 14.5. The molecule has 43 heavy (non-hydrogen) atoms. The fraction of sp³-hybridized carbons (Fsp3) is 0.500. The van der Waals surface area contributed by atoms with E-state index in [2.05, 4.69) is 25.9 Å². The number of rotatable bonds is 18. The number of para-hydroxylation sites is 1. The number of amides is 4. The highest BCUT2D eigenvalue weighted by molar-refractivity contribution is 5.95. The van der Waals surface area contributed by atoms with Crippen LogP contribution >= 0.6 is 0 Å². The summed E-state index contributed by atoms with van der Waals surface area (Å²) >= 11 is 0. The molecule has 0 aliphatic heterocycles. The predicted molar refractivity (Wildman–Crippen MR) is 161 cm³/mol. The quantitative estimate of drug-likeness (QED) is 0.0571. The second-order valence-corrected chi connectivity index (χ2v) is 10.5. The number of aromatic amines is 1. The molecular weight excluding hydrogens is 558 g/mol. The van der Waals surface area contributed by atoms with Crippen molar-refractivity contribution in [2.75, 3.05) is 6.54 Å². The van der Waals surface area contributed by atoms with Crippen molar-refractivity contribution in [1.29, 1.82) is 0 Å². The molecule has 4 amide bonds. The van der Waals surface area contributed by atoms with E-state index in [9.17, 15) is 29.1 Å². The molecule has 5 unspecified atom stereocenters. The fourth-order valence-corrected chi connectivity index (χ4v) is 4.42. The largest absolute Gasteiger partial charge is 0.480 e. The number of hydrogen-bond donors (Lipinski definition) is 9. The smallest absolute Gasteiger partial charge is 0.326 e. The van der Waals surface area contributed by atoms with E-state index in [1.165, 1.54) is 0 Å². The van der Waals surface area contributed by atoms with Crippen molar-refractivity contribution in [3.63, 3.8) is 0 Å². The van der Waals surface area contributed by atoms with Gasteiger partial charge in [-0.1, -0.05) is 38.5 Å². The molecule has 1 aromatic carbocycles. The Morgan fingerprint density at radius 1 is 0.953 bits per heavy atom. The van der Waals surface area contributed by atoms with Gasteiger partial charge in [0.25, 0.3) is 0 Å². The minimum Gasteiger partial charge on any atom is -0.480 e. The number of carbonyl (C=O) groups is 5. The van der Waals surface area contributed by atoms with E-state index < -0.39 is 59.7 Å². The van der Waals surface area contributed by atoms with Gasteiger partial charge in [-0.15, -0.1) is 0 Å². The summed E-state index contributed by atoms with van der Waals surface area (Å²) in [6.45, 7) is 3.72. The van der Waals surface area contributed by atoms with Gasteiger partial charge < -0.3 is 49.0 Å². The number of fused-ring (bicyclic) bond motifs is 1. The molecule has 1 aromatic heterocycles. The number of hydrogen-bond acceptors (Lipinski definition) is 7. The van der Waals surface area contributed by atoms with E-state index in [1.54, 1.807) is 20.0 Å². The van der Waals surface area contributed by atoms with Gasteiger partial charge in [0.05, 0.1) is 6.04 Å². The molecule has 15 heteroatoms. The van der Waals surface area contributed by atoms with Crippen molar-refractivity contribution < 1.29 is 29.1 Å². The first kappa shape index (κ1) is 34.5. The Bertz CT molecular complexity index is 1310. The van der Waals surface area contributed by atoms with Crippen LogP contribution < -0.4 is 38.9 Å². The number of aromatic nitrogens is 1. The molecule has 0 radical (unpaired) electrons. The minimum absolute atomic E-state index is 0.0388. The lowest BCUT2D eigenvalue weighted by atomic mass is 9.98. The number of nitrogens with two attached hydrogens (primary N) is 4. The van der Waals surface area contributed by atoms with E-state index in [-0.39, 0.29) is 38.2 Å². The van der Waals surface area contributed by atoms with Crippen LogP contribution in [0, 0.1) is 5.92 Å². The highest BCUT2D eigenvalue weighted by Crippen LogP contribution is 2.19. The Morgan fingerprint density at radius 2 is 1.60 bits per heavy atom. The van der Waals surface area contributed by atoms with Gasteiger partial charge in [0, 0.05) is 36.5 Å². The predicted octanol–water partition coefficient (Wildman–Crippen LogP) is -1.06. The van der Waals surface area contributed by atoms with Crippen LogP contribution in [0.15, 0.2) is 35.5 Å². The molecule has 0 aliphatic carbocycles. The molecule has 236 valence electrons. The molecule has 13 N–H and O–H groups in total. The fourth-order valence-electron chi connectivity index (χ4n) is 4.42. The van der Waals surface area contributed by atoms with Crippen molar-refractivity contribution in [1.82, 2.24) is 20.9 Å². The Hall–Kier alpha value is -4.66. The van der Waals surface area contributed by atoms with Crippen LogP contribution in [0.1, 0.15) is 51.5 Å². The maximum atomic E-state index is 13.6. The van der Waals surface area contributed by atoms with Gasteiger partial charge in [-0.25, -0.2) is 4.79 Å². The average Bonchev–Trinajstić information content (AvgIpc) is 3.37. The van der Waals surface area contributed by atoms with E-state index in [0.29, 0.717) is 12.8 Å². The van der Waals surface area contributed by atoms with Crippen molar-refractivity contribution in [3.8, 4) is 0 Å². The topological polar surface area (TPSA) is 274 Å².